The molecular formula is C15H20N2O2. The van der Waals surface area contributed by atoms with Gasteiger partial charge in [0.1, 0.15) is 0 Å². The zero-order chi connectivity index (χ0) is 13.2. The summed E-state index contributed by atoms with van der Waals surface area (Å²) in [5.74, 6) is 0.237. The van der Waals surface area contributed by atoms with Crippen LogP contribution in [-0.2, 0) is 9.53 Å². The minimum atomic E-state index is 0.0129. The van der Waals surface area contributed by atoms with Crippen LogP contribution < -0.4 is 4.90 Å². The summed E-state index contributed by atoms with van der Waals surface area (Å²) in [4.78, 5) is 16.8. The molecule has 4 heteroatoms. The molecule has 2 aliphatic rings. The molecule has 19 heavy (non-hydrogen) atoms. The summed E-state index contributed by atoms with van der Waals surface area (Å²) in [6, 6.07) is 9.90. The number of carbonyl (C=O) groups excluding carboxylic acids is 1. The number of hydrogen-bond acceptors (Lipinski definition) is 3. The molecule has 0 saturated carbocycles. The Balaban J connectivity index is 1.83. The van der Waals surface area contributed by atoms with E-state index in [1.54, 1.807) is 0 Å². The lowest BCUT2D eigenvalue weighted by molar-refractivity contribution is -0.128. The fourth-order valence-electron chi connectivity index (χ4n) is 2.99. The number of piperidine rings is 1. The Hall–Kier alpha value is -1.39. The van der Waals surface area contributed by atoms with Crippen LogP contribution in [0.25, 0.3) is 0 Å². The first-order valence-electron chi connectivity index (χ1n) is 6.92. The Morgan fingerprint density at radius 3 is 2.79 bits per heavy atom. The maximum atomic E-state index is 12.7. The van der Waals surface area contributed by atoms with Crippen LogP contribution in [0.3, 0.4) is 0 Å². The number of benzene rings is 1. The number of likely N-dealkylation sites (tertiary alicyclic amines) is 1. The maximum Gasteiger partial charge on any atom is 0.232 e. The molecule has 102 valence electrons. The number of rotatable bonds is 1. The highest BCUT2D eigenvalue weighted by Crippen LogP contribution is 2.27. The molecule has 1 aromatic rings. The third-order valence-corrected chi connectivity index (χ3v) is 4.06. The molecule has 0 aromatic heterocycles. The summed E-state index contributed by atoms with van der Waals surface area (Å²) in [6.45, 7) is 3.10. The molecule has 0 aliphatic carbocycles. The van der Waals surface area contributed by atoms with Crippen molar-refractivity contribution in [3.63, 3.8) is 0 Å². The minimum Gasteiger partial charge on any atom is -0.374 e. The predicted octanol–water partition coefficient (Wildman–Crippen LogP) is 1.37. The van der Waals surface area contributed by atoms with Crippen LogP contribution in [-0.4, -0.2) is 50.2 Å². The number of hydrogen-bond donors (Lipinski definition) is 0. The molecule has 0 spiro atoms. The molecule has 2 heterocycles. The minimum absolute atomic E-state index is 0.0129. The molecule has 0 N–H and O–H groups in total. The van der Waals surface area contributed by atoms with Crippen molar-refractivity contribution >= 4 is 11.6 Å². The van der Waals surface area contributed by atoms with E-state index in [1.165, 1.54) is 0 Å². The lowest BCUT2D eigenvalue weighted by Gasteiger charge is -2.35. The fourth-order valence-corrected chi connectivity index (χ4v) is 2.99. The molecule has 0 bridgehead atoms. The van der Waals surface area contributed by atoms with E-state index in [0.717, 1.165) is 25.2 Å². The molecule has 4 nitrogen and oxygen atoms in total. The van der Waals surface area contributed by atoms with E-state index in [1.807, 2.05) is 35.2 Å². The van der Waals surface area contributed by atoms with Gasteiger partial charge in [0.25, 0.3) is 0 Å². The van der Waals surface area contributed by atoms with Gasteiger partial charge in [-0.1, -0.05) is 18.2 Å². The van der Waals surface area contributed by atoms with E-state index in [9.17, 15) is 4.79 Å². The van der Waals surface area contributed by atoms with Gasteiger partial charge in [-0.05, 0) is 32.1 Å². The monoisotopic (exact) mass is 260 g/mol. The lowest BCUT2D eigenvalue weighted by Crippen LogP contribution is -2.48. The Morgan fingerprint density at radius 1 is 1.21 bits per heavy atom. The fraction of sp³-hybridized carbons (Fsp3) is 0.533. The first-order chi connectivity index (χ1) is 9.25. The van der Waals surface area contributed by atoms with Crippen LogP contribution in [0.4, 0.5) is 5.69 Å². The molecule has 0 radical (unpaired) electrons. The van der Waals surface area contributed by atoms with Gasteiger partial charge in [-0.3, -0.25) is 4.79 Å². The van der Waals surface area contributed by atoms with Gasteiger partial charge >= 0.3 is 0 Å². The number of ether oxygens (including phenoxy) is 1. The van der Waals surface area contributed by atoms with Gasteiger partial charge in [-0.2, -0.15) is 0 Å². The van der Waals surface area contributed by atoms with Gasteiger partial charge in [-0.25, -0.2) is 0 Å². The third kappa shape index (κ3) is 2.51. The molecular weight excluding hydrogens is 240 g/mol. The number of carbonyl (C=O) groups is 1. The van der Waals surface area contributed by atoms with E-state index in [-0.39, 0.29) is 17.9 Å². The molecule has 2 saturated heterocycles. The maximum absolute atomic E-state index is 12.7. The van der Waals surface area contributed by atoms with Crippen LogP contribution in [0.1, 0.15) is 6.42 Å². The number of fused-ring (bicyclic) bond motifs is 1. The van der Waals surface area contributed by atoms with E-state index >= 15 is 0 Å². The Kier molecular flexibility index (Phi) is 3.53. The highest BCUT2D eigenvalue weighted by Gasteiger charge is 2.38. The van der Waals surface area contributed by atoms with Crippen LogP contribution in [0.15, 0.2) is 30.3 Å². The quantitative estimate of drug-likeness (QED) is 0.764. The number of likely N-dealkylation sites (N-methyl/N-ethyl adjacent to an activating group) is 1. The summed E-state index contributed by atoms with van der Waals surface area (Å²) in [5.41, 5.74) is 0.982. The number of para-hydroxylation sites is 1. The molecule has 1 aromatic carbocycles. The van der Waals surface area contributed by atoms with Crippen molar-refractivity contribution in [2.45, 2.75) is 12.5 Å². The van der Waals surface area contributed by atoms with Crippen molar-refractivity contribution in [3.05, 3.63) is 30.3 Å². The Morgan fingerprint density at radius 2 is 2.00 bits per heavy atom. The van der Waals surface area contributed by atoms with Crippen LogP contribution in [0.2, 0.25) is 0 Å². The molecule has 0 unspecified atom stereocenters. The van der Waals surface area contributed by atoms with Crippen LogP contribution in [0.5, 0.6) is 0 Å². The van der Waals surface area contributed by atoms with E-state index < -0.39 is 0 Å². The largest absolute Gasteiger partial charge is 0.374 e. The first kappa shape index (κ1) is 12.6. The van der Waals surface area contributed by atoms with Gasteiger partial charge in [-0.15, -0.1) is 0 Å². The van der Waals surface area contributed by atoms with E-state index in [4.69, 9.17) is 4.74 Å². The summed E-state index contributed by atoms with van der Waals surface area (Å²) in [6.07, 6.45) is 0.948. The second-order valence-corrected chi connectivity index (χ2v) is 5.39. The van der Waals surface area contributed by atoms with Crippen molar-refractivity contribution in [3.8, 4) is 0 Å². The first-order valence-corrected chi connectivity index (χ1v) is 6.92. The summed E-state index contributed by atoms with van der Waals surface area (Å²) in [7, 11) is 2.09. The van der Waals surface area contributed by atoms with Gasteiger partial charge in [0.05, 0.1) is 18.6 Å². The summed E-state index contributed by atoms with van der Waals surface area (Å²) >= 11 is 0. The number of nitrogens with zero attached hydrogens (tertiary/aromatic N) is 2. The van der Waals surface area contributed by atoms with Crippen molar-refractivity contribution in [1.82, 2.24) is 4.90 Å². The van der Waals surface area contributed by atoms with Crippen molar-refractivity contribution in [2.24, 2.45) is 5.92 Å². The van der Waals surface area contributed by atoms with Crippen molar-refractivity contribution in [1.29, 1.82) is 0 Å². The number of anilines is 1. The van der Waals surface area contributed by atoms with Crippen LogP contribution >= 0.6 is 0 Å². The van der Waals surface area contributed by atoms with Crippen molar-refractivity contribution in [2.75, 3.05) is 38.2 Å². The van der Waals surface area contributed by atoms with Gasteiger partial charge < -0.3 is 14.5 Å². The Labute approximate surface area is 113 Å². The molecule has 2 fully saturated rings. The average molecular weight is 260 g/mol. The smallest absolute Gasteiger partial charge is 0.232 e. The lowest BCUT2D eigenvalue weighted by atomic mass is 9.92. The third-order valence-electron chi connectivity index (χ3n) is 4.06. The topological polar surface area (TPSA) is 32.8 Å². The summed E-state index contributed by atoms with van der Waals surface area (Å²) < 4.78 is 5.90. The Bertz CT molecular complexity index is 449. The molecule has 2 aliphatic heterocycles. The van der Waals surface area contributed by atoms with Gasteiger partial charge in [0.15, 0.2) is 0 Å². The molecule has 1 amide bonds. The van der Waals surface area contributed by atoms with Gasteiger partial charge in [0, 0.05) is 18.8 Å². The number of amides is 1. The zero-order valence-electron chi connectivity index (χ0n) is 11.3. The second kappa shape index (κ2) is 5.31. The second-order valence-electron chi connectivity index (χ2n) is 5.39. The highest BCUT2D eigenvalue weighted by molar-refractivity contribution is 5.95. The SMILES string of the molecule is CN1CC[C@@H]2C(=O)N(c3ccccc3)CCO[C@@H]2C1. The molecule has 2 atom stereocenters. The highest BCUT2D eigenvalue weighted by atomic mass is 16.5. The van der Waals surface area contributed by atoms with Gasteiger partial charge in [0.2, 0.25) is 5.91 Å². The van der Waals surface area contributed by atoms with Crippen molar-refractivity contribution < 1.29 is 9.53 Å². The normalized spacial score (nSPS) is 28.9. The average Bonchev–Trinajstić information content (AvgIpc) is 2.59. The van der Waals surface area contributed by atoms with E-state index in [2.05, 4.69) is 11.9 Å². The summed E-state index contributed by atoms with van der Waals surface area (Å²) in [5, 5.41) is 0. The predicted molar refractivity (Wildman–Crippen MR) is 74.1 cm³/mol. The zero-order valence-corrected chi connectivity index (χ0v) is 11.3. The van der Waals surface area contributed by atoms with E-state index in [0.29, 0.717) is 13.2 Å². The molecule has 3 rings (SSSR count). The standard InChI is InChI=1S/C15H20N2O2/c1-16-8-7-13-14(11-16)19-10-9-17(15(13)18)12-5-3-2-4-6-12/h2-6,13-14H,7-11H2,1H3/t13-,14+/m0/s1. The van der Waals surface area contributed by atoms with Crippen LogP contribution in [0, 0.1) is 5.92 Å².